The number of rotatable bonds is 4. The van der Waals surface area contributed by atoms with Crippen LogP contribution in [0.2, 0.25) is 0 Å². The summed E-state index contributed by atoms with van der Waals surface area (Å²) in [6, 6.07) is 7.65. The number of esters is 2. The standard InChI is InChI=1S/C20H24O4S/c1-13-9-5-6-10-15(13)16-17(23-18(21)14(2)25-3)20(24-19(16)22)11-7-4-8-12-20/h5-6,9-10,14H,4,7-8,11-12H2,1-3H3. The van der Waals surface area contributed by atoms with Gasteiger partial charge in [0, 0.05) is 0 Å². The average Bonchev–Trinajstić information content (AvgIpc) is 2.86. The van der Waals surface area contributed by atoms with E-state index in [4.69, 9.17) is 9.47 Å². The normalized spacial score (nSPS) is 20.5. The van der Waals surface area contributed by atoms with Crippen molar-refractivity contribution in [3.05, 3.63) is 41.2 Å². The number of hydrogen-bond donors (Lipinski definition) is 0. The van der Waals surface area contributed by atoms with Gasteiger partial charge >= 0.3 is 11.9 Å². The Bertz CT molecular complexity index is 716. The van der Waals surface area contributed by atoms with Crippen molar-refractivity contribution in [1.29, 1.82) is 0 Å². The third-order valence-corrected chi connectivity index (χ3v) is 6.00. The molecule has 1 aromatic carbocycles. The SMILES string of the molecule is CSC(C)C(=O)OC1=C(c2ccccc2C)C(=O)OC12CCCCC2. The van der Waals surface area contributed by atoms with Crippen LogP contribution in [0.25, 0.3) is 5.57 Å². The summed E-state index contributed by atoms with van der Waals surface area (Å²) in [5.74, 6) is -0.273. The first-order valence-corrected chi connectivity index (χ1v) is 10.1. The minimum Gasteiger partial charge on any atom is -0.447 e. The number of thioether (sulfide) groups is 1. The second-order valence-corrected chi connectivity index (χ2v) is 7.94. The van der Waals surface area contributed by atoms with Crippen LogP contribution in [0.15, 0.2) is 30.0 Å². The summed E-state index contributed by atoms with van der Waals surface area (Å²) >= 11 is 1.43. The van der Waals surface area contributed by atoms with Crippen molar-refractivity contribution < 1.29 is 19.1 Å². The van der Waals surface area contributed by atoms with Gasteiger partial charge < -0.3 is 9.47 Å². The van der Waals surface area contributed by atoms with Crippen molar-refractivity contribution in [2.45, 2.75) is 56.8 Å². The number of aryl methyl sites for hydroxylation is 1. The van der Waals surface area contributed by atoms with E-state index in [1.807, 2.05) is 44.4 Å². The second kappa shape index (κ2) is 7.24. The molecule has 1 aromatic rings. The lowest BCUT2D eigenvalue weighted by Gasteiger charge is -2.33. The van der Waals surface area contributed by atoms with Crippen LogP contribution in [0.5, 0.6) is 0 Å². The minimum absolute atomic E-state index is 0.290. The van der Waals surface area contributed by atoms with Crippen LogP contribution >= 0.6 is 11.8 Å². The molecule has 0 aromatic heterocycles. The molecule has 0 amide bonds. The van der Waals surface area contributed by atoms with Crippen molar-refractivity contribution in [3.8, 4) is 0 Å². The van der Waals surface area contributed by atoms with Crippen molar-refractivity contribution in [2.24, 2.45) is 0 Å². The molecule has 1 saturated carbocycles. The second-order valence-electron chi connectivity index (χ2n) is 6.76. The topological polar surface area (TPSA) is 52.6 Å². The van der Waals surface area contributed by atoms with Gasteiger partial charge in [-0.1, -0.05) is 30.7 Å². The molecular weight excluding hydrogens is 336 g/mol. The Morgan fingerprint density at radius 3 is 2.56 bits per heavy atom. The van der Waals surface area contributed by atoms with Gasteiger partial charge in [0.05, 0.1) is 5.25 Å². The van der Waals surface area contributed by atoms with Crippen molar-refractivity contribution >= 4 is 29.3 Å². The monoisotopic (exact) mass is 360 g/mol. The highest BCUT2D eigenvalue weighted by Gasteiger charge is 2.51. The first-order chi connectivity index (χ1) is 12.0. The van der Waals surface area contributed by atoms with E-state index in [0.29, 0.717) is 24.2 Å². The lowest BCUT2D eigenvalue weighted by Crippen LogP contribution is -2.37. The Morgan fingerprint density at radius 1 is 1.24 bits per heavy atom. The number of benzene rings is 1. The molecule has 2 aliphatic rings. The average molecular weight is 360 g/mol. The fourth-order valence-corrected chi connectivity index (χ4v) is 3.80. The molecule has 0 N–H and O–H groups in total. The highest BCUT2D eigenvalue weighted by atomic mass is 32.2. The van der Waals surface area contributed by atoms with Gasteiger partial charge in [-0.05, 0) is 56.9 Å². The van der Waals surface area contributed by atoms with E-state index < -0.39 is 5.60 Å². The Hall–Kier alpha value is -1.75. The van der Waals surface area contributed by atoms with Crippen LogP contribution in [0.3, 0.4) is 0 Å². The molecule has 25 heavy (non-hydrogen) atoms. The Kier molecular flexibility index (Phi) is 5.23. The van der Waals surface area contributed by atoms with Gasteiger partial charge in [-0.15, -0.1) is 0 Å². The van der Waals surface area contributed by atoms with E-state index in [9.17, 15) is 9.59 Å². The fraction of sp³-hybridized carbons (Fsp3) is 0.500. The number of carbonyl (C=O) groups excluding carboxylic acids is 2. The quantitative estimate of drug-likeness (QED) is 0.751. The number of carbonyl (C=O) groups is 2. The summed E-state index contributed by atoms with van der Waals surface area (Å²) in [5, 5.41) is -0.290. The van der Waals surface area contributed by atoms with Gasteiger partial charge in [-0.3, -0.25) is 4.79 Å². The first-order valence-electron chi connectivity index (χ1n) is 8.77. The van der Waals surface area contributed by atoms with Gasteiger partial charge in [-0.25, -0.2) is 4.79 Å². The highest BCUT2D eigenvalue weighted by molar-refractivity contribution is 7.99. The van der Waals surface area contributed by atoms with Crippen LogP contribution in [0.1, 0.15) is 50.2 Å². The molecule has 4 nitrogen and oxygen atoms in total. The lowest BCUT2D eigenvalue weighted by atomic mass is 9.82. The van der Waals surface area contributed by atoms with E-state index in [2.05, 4.69) is 0 Å². The minimum atomic E-state index is -0.777. The molecular formula is C20H24O4S. The molecule has 0 bridgehead atoms. The van der Waals surface area contributed by atoms with Crippen LogP contribution in [0.4, 0.5) is 0 Å². The van der Waals surface area contributed by atoms with Crippen LogP contribution < -0.4 is 0 Å². The maximum absolute atomic E-state index is 12.8. The lowest BCUT2D eigenvalue weighted by molar-refractivity contribution is -0.155. The zero-order chi connectivity index (χ0) is 18.0. The molecule has 3 rings (SSSR count). The molecule has 0 radical (unpaired) electrons. The van der Waals surface area contributed by atoms with Crippen molar-refractivity contribution in [2.75, 3.05) is 6.26 Å². The highest BCUT2D eigenvalue weighted by Crippen LogP contribution is 2.47. The molecule has 5 heteroatoms. The van der Waals surface area contributed by atoms with E-state index in [-0.39, 0.29) is 17.2 Å². The summed E-state index contributed by atoms with van der Waals surface area (Å²) in [6.45, 7) is 3.76. The maximum Gasteiger partial charge on any atom is 0.343 e. The largest absolute Gasteiger partial charge is 0.447 e. The van der Waals surface area contributed by atoms with Gasteiger partial charge in [0.1, 0.15) is 5.57 Å². The van der Waals surface area contributed by atoms with Crippen LogP contribution in [-0.4, -0.2) is 29.0 Å². The molecule has 1 atom stereocenters. The summed E-state index contributed by atoms with van der Waals surface area (Å²) in [4.78, 5) is 25.2. The summed E-state index contributed by atoms with van der Waals surface area (Å²) in [5.41, 5.74) is 1.39. The molecule has 1 fully saturated rings. The Labute approximate surface area is 153 Å². The van der Waals surface area contributed by atoms with Gasteiger partial charge in [0.25, 0.3) is 0 Å². The fourth-order valence-electron chi connectivity index (χ4n) is 3.56. The number of hydrogen-bond acceptors (Lipinski definition) is 5. The van der Waals surface area contributed by atoms with Gasteiger partial charge in [0.2, 0.25) is 0 Å². The van der Waals surface area contributed by atoms with Gasteiger partial charge in [0.15, 0.2) is 11.4 Å². The summed E-state index contributed by atoms with van der Waals surface area (Å²) in [7, 11) is 0. The molecule has 1 aliphatic carbocycles. The third kappa shape index (κ3) is 3.34. The molecule has 1 unspecified atom stereocenters. The molecule has 134 valence electrons. The first kappa shape index (κ1) is 18.1. The number of ether oxygens (including phenoxy) is 2. The van der Waals surface area contributed by atoms with Crippen molar-refractivity contribution in [1.82, 2.24) is 0 Å². The summed E-state index contributed by atoms with van der Waals surface area (Å²) < 4.78 is 11.7. The molecule has 0 saturated heterocycles. The Morgan fingerprint density at radius 2 is 1.92 bits per heavy atom. The summed E-state index contributed by atoms with van der Waals surface area (Å²) in [6.07, 6.45) is 6.34. The zero-order valence-corrected chi connectivity index (χ0v) is 15.8. The zero-order valence-electron chi connectivity index (χ0n) is 15.0. The molecule has 1 aliphatic heterocycles. The van der Waals surface area contributed by atoms with E-state index in [1.165, 1.54) is 11.8 Å². The van der Waals surface area contributed by atoms with Crippen LogP contribution in [0, 0.1) is 6.92 Å². The molecule has 1 heterocycles. The molecule has 1 spiro atoms. The smallest absolute Gasteiger partial charge is 0.343 e. The van der Waals surface area contributed by atoms with E-state index in [1.54, 1.807) is 0 Å². The third-order valence-electron chi connectivity index (χ3n) is 5.10. The Balaban J connectivity index is 2.10. The van der Waals surface area contributed by atoms with Gasteiger partial charge in [-0.2, -0.15) is 11.8 Å². The maximum atomic E-state index is 12.8. The van der Waals surface area contributed by atoms with Crippen molar-refractivity contribution in [3.63, 3.8) is 0 Å². The van der Waals surface area contributed by atoms with E-state index >= 15 is 0 Å². The van der Waals surface area contributed by atoms with Crippen LogP contribution in [-0.2, 0) is 19.1 Å². The van der Waals surface area contributed by atoms with E-state index in [0.717, 1.165) is 30.4 Å². The predicted molar refractivity (Wildman–Crippen MR) is 99.1 cm³/mol. The predicted octanol–water partition coefficient (Wildman–Crippen LogP) is 4.26.